The Bertz CT molecular complexity index is 2110. The Balaban J connectivity index is 1.82. The number of carbonyl (C=O) groups excluding carboxylic acids is 2. The van der Waals surface area contributed by atoms with E-state index in [1.54, 1.807) is 52.0 Å². The highest BCUT2D eigenvalue weighted by Gasteiger charge is 2.35. The molecule has 0 saturated carbocycles. The number of hydrogen-bond acceptors (Lipinski definition) is 8. The van der Waals surface area contributed by atoms with E-state index in [4.69, 9.17) is 18.9 Å². The summed E-state index contributed by atoms with van der Waals surface area (Å²) in [6, 6.07) is 11.8. The fourth-order valence-corrected chi connectivity index (χ4v) is 5.73. The summed E-state index contributed by atoms with van der Waals surface area (Å²) >= 11 is 0. The number of para-hydroxylation sites is 1. The number of alkyl carbamates (subject to hydrolysis) is 1. The highest BCUT2D eigenvalue weighted by molar-refractivity contribution is 5.69. The molecule has 296 valence electrons. The van der Waals surface area contributed by atoms with Gasteiger partial charge in [0.1, 0.15) is 17.2 Å². The maximum atomic E-state index is 15.6. The standard InChI is InChI=1S/C39H42F5N3O8/c1-6-53-33(48)18-11-21-54-31-16-8-7-12-25(31)30(45-36(50)55-38(2,3)4)19-20-47-35(49)26(24-13-9-17-32(52-5)34(24)41)22-46(37(47)51)23-27-28(39(42,43)44)14-10-15-29(27)40/h7-10,12-17,22,30H,6,11,18-21,23H2,1-5H3,(H,45,50)/t30-/m0/s1. The lowest BCUT2D eigenvalue weighted by Crippen LogP contribution is -2.42. The number of ether oxygens (including phenoxy) is 4. The van der Waals surface area contributed by atoms with Gasteiger partial charge in [0.15, 0.2) is 11.6 Å². The van der Waals surface area contributed by atoms with E-state index in [0.29, 0.717) is 32.9 Å². The van der Waals surface area contributed by atoms with Crippen LogP contribution in [0, 0.1) is 11.6 Å². The molecule has 1 aromatic heterocycles. The Kier molecular flexibility index (Phi) is 13.9. The molecule has 3 aromatic carbocycles. The molecule has 1 N–H and O–H groups in total. The molecular formula is C39H42F5N3O8. The third-order valence-corrected chi connectivity index (χ3v) is 8.18. The molecule has 4 aromatic rings. The number of benzene rings is 3. The Hall–Kier alpha value is -5.67. The van der Waals surface area contributed by atoms with Crippen LogP contribution >= 0.6 is 0 Å². The third-order valence-electron chi connectivity index (χ3n) is 8.18. The zero-order valence-electron chi connectivity index (χ0n) is 30.9. The van der Waals surface area contributed by atoms with Gasteiger partial charge in [0.2, 0.25) is 0 Å². The fraction of sp³-hybridized carbons (Fsp3) is 0.385. The lowest BCUT2D eigenvalue weighted by molar-refractivity contribution is -0.143. The van der Waals surface area contributed by atoms with Gasteiger partial charge in [0, 0.05) is 35.9 Å². The lowest BCUT2D eigenvalue weighted by atomic mass is 10.0. The molecule has 1 amide bonds. The van der Waals surface area contributed by atoms with E-state index in [2.05, 4.69) is 5.32 Å². The van der Waals surface area contributed by atoms with Crippen molar-refractivity contribution in [1.82, 2.24) is 14.5 Å². The second-order valence-corrected chi connectivity index (χ2v) is 13.3. The van der Waals surface area contributed by atoms with Gasteiger partial charge in [0.25, 0.3) is 5.56 Å². The van der Waals surface area contributed by atoms with E-state index in [9.17, 15) is 32.3 Å². The Morgan fingerprint density at radius 2 is 1.60 bits per heavy atom. The highest BCUT2D eigenvalue weighted by atomic mass is 19.4. The van der Waals surface area contributed by atoms with Crippen molar-refractivity contribution in [2.24, 2.45) is 0 Å². The van der Waals surface area contributed by atoms with Crippen LogP contribution in [0.25, 0.3) is 11.1 Å². The molecule has 16 heteroatoms. The molecule has 4 rings (SSSR count). The zero-order valence-corrected chi connectivity index (χ0v) is 30.9. The average molecular weight is 776 g/mol. The number of aromatic nitrogens is 2. The van der Waals surface area contributed by atoms with Crippen LogP contribution in [0.15, 0.2) is 76.4 Å². The highest BCUT2D eigenvalue weighted by Crippen LogP contribution is 2.34. The number of halogens is 5. The Morgan fingerprint density at radius 3 is 2.27 bits per heavy atom. The first-order chi connectivity index (χ1) is 25.9. The molecular weight excluding hydrogens is 733 g/mol. The topological polar surface area (TPSA) is 127 Å². The first-order valence-corrected chi connectivity index (χ1v) is 17.3. The van der Waals surface area contributed by atoms with Crippen LogP contribution in [0.2, 0.25) is 0 Å². The van der Waals surface area contributed by atoms with E-state index >= 15 is 8.78 Å². The summed E-state index contributed by atoms with van der Waals surface area (Å²) in [7, 11) is 1.19. The number of esters is 1. The summed E-state index contributed by atoms with van der Waals surface area (Å²) in [4.78, 5) is 53.0. The second kappa shape index (κ2) is 18.1. The molecule has 0 aliphatic rings. The van der Waals surface area contributed by atoms with Crippen molar-refractivity contribution >= 4 is 12.1 Å². The van der Waals surface area contributed by atoms with Gasteiger partial charge in [-0.3, -0.25) is 18.7 Å². The number of rotatable bonds is 15. The van der Waals surface area contributed by atoms with Crippen LogP contribution in [-0.2, 0) is 33.5 Å². The smallest absolute Gasteiger partial charge is 0.416 e. The minimum Gasteiger partial charge on any atom is -0.494 e. The van der Waals surface area contributed by atoms with Crippen LogP contribution in [-0.4, -0.2) is 47.1 Å². The number of carbonyl (C=O) groups is 2. The monoisotopic (exact) mass is 775 g/mol. The van der Waals surface area contributed by atoms with E-state index in [-0.39, 0.29) is 37.4 Å². The quantitative estimate of drug-likeness (QED) is 0.0752. The Labute approximate surface area is 313 Å². The van der Waals surface area contributed by atoms with Gasteiger partial charge in [-0.25, -0.2) is 18.4 Å². The van der Waals surface area contributed by atoms with E-state index in [0.717, 1.165) is 18.3 Å². The third kappa shape index (κ3) is 11.0. The van der Waals surface area contributed by atoms with Crippen molar-refractivity contribution in [3.63, 3.8) is 0 Å². The molecule has 0 bridgehead atoms. The van der Waals surface area contributed by atoms with Gasteiger partial charge >= 0.3 is 23.9 Å². The summed E-state index contributed by atoms with van der Waals surface area (Å²) < 4.78 is 95.4. The van der Waals surface area contributed by atoms with Crippen LogP contribution in [0.5, 0.6) is 11.5 Å². The van der Waals surface area contributed by atoms with Crippen LogP contribution in [0.1, 0.15) is 69.7 Å². The molecule has 0 aliphatic carbocycles. The molecule has 0 saturated heterocycles. The molecule has 1 atom stereocenters. The molecule has 0 aliphatic heterocycles. The number of nitrogens with zero attached hydrogens (tertiary/aromatic N) is 2. The first-order valence-electron chi connectivity index (χ1n) is 17.3. The minimum absolute atomic E-state index is 0.0866. The SMILES string of the molecule is CCOC(=O)CCCOc1ccccc1[C@H](CCn1c(=O)c(-c2cccc(OC)c2F)cn(Cc2c(F)cccc2C(F)(F)F)c1=O)NC(=O)OC(C)(C)C. The normalized spacial score (nSPS) is 12.2. The van der Waals surface area contributed by atoms with Crippen molar-refractivity contribution in [3.8, 4) is 22.6 Å². The summed E-state index contributed by atoms with van der Waals surface area (Å²) in [5.74, 6) is -2.60. The van der Waals surface area contributed by atoms with Gasteiger partial charge < -0.3 is 24.3 Å². The molecule has 0 unspecified atom stereocenters. The molecule has 0 fully saturated rings. The molecule has 0 spiro atoms. The molecule has 55 heavy (non-hydrogen) atoms. The average Bonchev–Trinajstić information content (AvgIpc) is 3.10. The van der Waals surface area contributed by atoms with E-state index in [1.807, 2.05) is 0 Å². The number of hydrogen-bond donors (Lipinski definition) is 1. The summed E-state index contributed by atoms with van der Waals surface area (Å²) in [6.45, 7) is 5.49. The zero-order chi connectivity index (χ0) is 40.5. The maximum Gasteiger partial charge on any atom is 0.416 e. The predicted molar refractivity (Wildman–Crippen MR) is 192 cm³/mol. The largest absolute Gasteiger partial charge is 0.494 e. The van der Waals surface area contributed by atoms with Crippen LogP contribution in [0.3, 0.4) is 0 Å². The number of methoxy groups -OCH3 is 1. The van der Waals surface area contributed by atoms with Gasteiger partial charge in [-0.05, 0) is 64.8 Å². The number of amides is 1. The van der Waals surface area contributed by atoms with Crippen molar-refractivity contribution in [1.29, 1.82) is 0 Å². The van der Waals surface area contributed by atoms with E-state index < -0.39 is 82.5 Å². The minimum atomic E-state index is -4.99. The predicted octanol–water partition coefficient (Wildman–Crippen LogP) is 7.41. The van der Waals surface area contributed by atoms with Gasteiger partial charge in [-0.1, -0.05) is 36.4 Å². The fourth-order valence-electron chi connectivity index (χ4n) is 5.73. The van der Waals surface area contributed by atoms with Gasteiger partial charge in [0.05, 0.1) is 44.0 Å². The lowest BCUT2D eigenvalue weighted by Gasteiger charge is -2.25. The summed E-state index contributed by atoms with van der Waals surface area (Å²) in [6.07, 6.45) is -4.78. The van der Waals surface area contributed by atoms with Crippen molar-refractivity contribution in [2.75, 3.05) is 20.3 Å². The molecule has 11 nitrogen and oxygen atoms in total. The van der Waals surface area contributed by atoms with E-state index in [1.165, 1.54) is 25.3 Å². The van der Waals surface area contributed by atoms with Crippen molar-refractivity contribution in [2.45, 2.75) is 77.9 Å². The second-order valence-electron chi connectivity index (χ2n) is 13.3. The number of nitrogens with one attached hydrogen (secondary N) is 1. The van der Waals surface area contributed by atoms with Gasteiger partial charge in [-0.15, -0.1) is 0 Å². The maximum absolute atomic E-state index is 15.6. The molecule has 0 radical (unpaired) electrons. The molecule has 1 heterocycles. The van der Waals surface area contributed by atoms with Crippen LogP contribution in [0.4, 0.5) is 26.7 Å². The summed E-state index contributed by atoms with van der Waals surface area (Å²) in [5.41, 5.74) is -5.65. The number of alkyl halides is 3. The summed E-state index contributed by atoms with van der Waals surface area (Å²) in [5, 5.41) is 2.73. The first kappa shape index (κ1) is 42.1. The van der Waals surface area contributed by atoms with Crippen molar-refractivity contribution < 1.29 is 50.5 Å². The van der Waals surface area contributed by atoms with Crippen molar-refractivity contribution in [3.05, 3.63) is 116 Å². The van der Waals surface area contributed by atoms with Gasteiger partial charge in [-0.2, -0.15) is 13.2 Å². The Morgan fingerprint density at radius 1 is 0.909 bits per heavy atom. The van der Waals surface area contributed by atoms with Crippen LogP contribution < -0.4 is 26.0 Å².